The fourth-order valence-corrected chi connectivity index (χ4v) is 14.1. The van der Waals surface area contributed by atoms with Gasteiger partial charge in [0.15, 0.2) is 0 Å². The van der Waals surface area contributed by atoms with Crippen molar-refractivity contribution in [2.24, 2.45) is 0 Å². The summed E-state index contributed by atoms with van der Waals surface area (Å²) in [6.07, 6.45) is 3.90. The van der Waals surface area contributed by atoms with Gasteiger partial charge >= 0.3 is 0 Å². The lowest BCUT2D eigenvalue weighted by atomic mass is 10.4. The van der Waals surface area contributed by atoms with E-state index in [1.165, 1.54) is 15.9 Å². The molecule has 5 aromatic carbocycles. The van der Waals surface area contributed by atoms with Crippen molar-refractivity contribution in [1.82, 2.24) is 0 Å². The lowest BCUT2D eigenvalue weighted by Gasteiger charge is -2.26. The van der Waals surface area contributed by atoms with Crippen LogP contribution >= 0.6 is 23.0 Å². The van der Waals surface area contributed by atoms with Gasteiger partial charge in [0.1, 0.15) is 7.14 Å². The average molecular weight is 551 g/mol. The largest absolute Gasteiger partial charge is 0.314 e. The molecule has 0 saturated heterocycles. The summed E-state index contributed by atoms with van der Waals surface area (Å²) in [6, 6.07) is 53.1. The molecule has 0 aliphatic heterocycles. The maximum atomic E-state index is 14.7. The molecule has 5 rings (SSSR count). The van der Waals surface area contributed by atoms with Crippen molar-refractivity contribution in [3.8, 4) is 0 Å². The normalized spacial score (nSPS) is 12.3. The van der Waals surface area contributed by atoms with Crippen LogP contribution in [-0.2, 0) is 4.57 Å². The smallest absolute Gasteiger partial charge is 0.143 e. The van der Waals surface area contributed by atoms with Gasteiger partial charge in [-0.3, -0.25) is 0 Å². The standard InChI is InChI=1S/C34H33OP3/c35-38(33-22-12-4-13-23-33,34-24-14-5-15-25-34)29-28-36(30-16-6-1-7-17-30)26-27-37(31-18-8-2-9-19-31)32-20-10-3-11-21-32/h1-25H,26-29H2. The van der Waals surface area contributed by atoms with Gasteiger partial charge < -0.3 is 4.57 Å². The highest BCUT2D eigenvalue weighted by molar-refractivity contribution is 7.80. The topological polar surface area (TPSA) is 17.1 Å². The van der Waals surface area contributed by atoms with Crippen LogP contribution in [0.25, 0.3) is 0 Å². The van der Waals surface area contributed by atoms with Gasteiger partial charge in [-0.1, -0.05) is 160 Å². The van der Waals surface area contributed by atoms with Gasteiger partial charge in [0.2, 0.25) is 0 Å². The summed E-state index contributed by atoms with van der Waals surface area (Å²) >= 11 is 0. The summed E-state index contributed by atoms with van der Waals surface area (Å²) in [7, 11) is -3.66. The van der Waals surface area contributed by atoms with Crippen LogP contribution in [0.2, 0.25) is 0 Å². The van der Waals surface area contributed by atoms with E-state index in [-0.39, 0.29) is 0 Å². The van der Waals surface area contributed by atoms with Crippen LogP contribution in [0.15, 0.2) is 152 Å². The molecule has 0 aromatic heterocycles. The second-order valence-electron chi connectivity index (χ2n) is 9.28. The Kier molecular flexibility index (Phi) is 9.38. The van der Waals surface area contributed by atoms with Gasteiger partial charge in [-0.05, 0) is 42.3 Å². The van der Waals surface area contributed by atoms with Crippen molar-refractivity contribution in [3.05, 3.63) is 152 Å². The fraction of sp³-hybridized carbons (Fsp3) is 0.118. The molecule has 0 amide bonds. The Hall–Kier alpha value is -2.81. The number of benzene rings is 5. The molecule has 0 radical (unpaired) electrons. The van der Waals surface area contributed by atoms with Gasteiger partial charge in [0.05, 0.1) is 0 Å². The fourth-order valence-electron chi connectivity index (χ4n) is 4.86. The molecule has 1 atom stereocenters. The highest BCUT2D eigenvalue weighted by atomic mass is 31.2. The molecule has 0 saturated carbocycles. The zero-order chi connectivity index (χ0) is 26.0. The number of hydrogen-bond acceptors (Lipinski definition) is 1. The minimum Gasteiger partial charge on any atom is -0.314 e. The van der Waals surface area contributed by atoms with Crippen LogP contribution in [-0.4, -0.2) is 24.6 Å². The molecule has 5 aromatic rings. The monoisotopic (exact) mass is 550 g/mol. The van der Waals surface area contributed by atoms with Gasteiger partial charge in [-0.15, -0.1) is 0 Å². The van der Waals surface area contributed by atoms with Crippen LogP contribution in [0, 0.1) is 0 Å². The van der Waals surface area contributed by atoms with E-state index >= 15 is 0 Å². The van der Waals surface area contributed by atoms with Crippen molar-refractivity contribution in [2.45, 2.75) is 0 Å². The first-order valence-corrected chi connectivity index (χ1v) is 18.2. The predicted molar refractivity (Wildman–Crippen MR) is 171 cm³/mol. The number of hydrogen-bond donors (Lipinski definition) is 0. The van der Waals surface area contributed by atoms with E-state index in [2.05, 4.69) is 91.0 Å². The predicted octanol–water partition coefficient (Wildman–Crippen LogP) is 6.94. The lowest BCUT2D eigenvalue weighted by molar-refractivity contribution is 0.588. The van der Waals surface area contributed by atoms with Crippen LogP contribution in [0.3, 0.4) is 0 Å². The summed E-state index contributed by atoms with van der Waals surface area (Å²) < 4.78 is 14.7. The SMILES string of the molecule is O=P(CCP(CCP(c1ccccc1)c1ccccc1)c1ccccc1)(c1ccccc1)c1ccccc1. The molecule has 0 aliphatic rings. The molecule has 1 unspecified atom stereocenters. The maximum Gasteiger partial charge on any atom is 0.143 e. The Morgan fingerprint density at radius 3 is 1.21 bits per heavy atom. The second kappa shape index (κ2) is 13.3. The molecule has 38 heavy (non-hydrogen) atoms. The molecule has 1 nitrogen and oxygen atoms in total. The van der Waals surface area contributed by atoms with Crippen LogP contribution in [0.5, 0.6) is 0 Å². The quantitative estimate of drug-likeness (QED) is 0.163. The van der Waals surface area contributed by atoms with Crippen molar-refractivity contribution >= 4 is 49.5 Å². The minimum atomic E-state index is -2.74. The van der Waals surface area contributed by atoms with Crippen LogP contribution in [0.4, 0.5) is 0 Å². The van der Waals surface area contributed by atoms with Crippen molar-refractivity contribution in [1.29, 1.82) is 0 Å². The van der Waals surface area contributed by atoms with Gasteiger partial charge in [0.25, 0.3) is 0 Å². The first kappa shape index (κ1) is 26.8. The molecule has 190 valence electrons. The van der Waals surface area contributed by atoms with E-state index in [9.17, 15) is 4.57 Å². The molecular weight excluding hydrogens is 517 g/mol. The van der Waals surface area contributed by atoms with Gasteiger partial charge in [-0.2, -0.15) is 0 Å². The molecule has 0 aliphatic carbocycles. The molecule has 0 heterocycles. The summed E-state index contributed by atoms with van der Waals surface area (Å²) in [5.74, 6) is 0. The third kappa shape index (κ3) is 6.60. The summed E-state index contributed by atoms with van der Waals surface area (Å²) in [6.45, 7) is 0. The average Bonchev–Trinajstić information content (AvgIpc) is 3.01. The third-order valence-electron chi connectivity index (χ3n) is 6.88. The zero-order valence-electron chi connectivity index (χ0n) is 21.5. The Morgan fingerprint density at radius 1 is 0.421 bits per heavy atom. The molecule has 0 fully saturated rings. The van der Waals surface area contributed by atoms with Crippen molar-refractivity contribution in [2.75, 3.05) is 24.6 Å². The van der Waals surface area contributed by atoms with E-state index in [0.717, 1.165) is 29.1 Å². The zero-order valence-corrected chi connectivity index (χ0v) is 24.2. The van der Waals surface area contributed by atoms with E-state index in [1.807, 2.05) is 60.7 Å². The van der Waals surface area contributed by atoms with E-state index in [4.69, 9.17) is 0 Å². The Balaban J connectivity index is 1.43. The molecular formula is C34H33OP3. The first-order chi connectivity index (χ1) is 18.7. The lowest BCUT2D eigenvalue weighted by Crippen LogP contribution is -2.22. The summed E-state index contributed by atoms with van der Waals surface area (Å²) in [4.78, 5) is 0. The maximum absolute atomic E-state index is 14.7. The molecule has 0 bridgehead atoms. The summed E-state index contributed by atoms with van der Waals surface area (Å²) in [5.41, 5.74) is 0. The molecule has 0 N–H and O–H groups in total. The van der Waals surface area contributed by atoms with Crippen molar-refractivity contribution < 1.29 is 4.57 Å². The minimum absolute atomic E-state index is 0.453. The van der Waals surface area contributed by atoms with E-state index < -0.39 is 23.0 Å². The third-order valence-corrected chi connectivity index (χ3v) is 15.8. The van der Waals surface area contributed by atoms with Crippen molar-refractivity contribution in [3.63, 3.8) is 0 Å². The van der Waals surface area contributed by atoms with Crippen LogP contribution < -0.4 is 26.5 Å². The van der Waals surface area contributed by atoms with E-state index in [0.29, 0.717) is 6.16 Å². The highest BCUT2D eigenvalue weighted by Gasteiger charge is 2.28. The van der Waals surface area contributed by atoms with Gasteiger partial charge in [-0.25, -0.2) is 0 Å². The molecule has 4 heteroatoms. The van der Waals surface area contributed by atoms with E-state index in [1.54, 1.807) is 0 Å². The first-order valence-electron chi connectivity index (χ1n) is 13.1. The molecule has 0 spiro atoms. The number of rotatable bonds is 11. The van der Waals surface area contributed by atoms with Crippen LogP contribution in [0.1, 0.15) is 0 Å². The Labute approximate surface area is 229 Å². The Bertz CT molecular complexity index is 1340. The van der Waals surface area contributed by atoms with Gasteiger partial charge in [0, 0.05) is 16.8 Å². The highest BCUT2D eigenvalue weighted by Crippen LogP contribution is 2.48. The Morgan fingerprint density at radius 2 is 0.789 bits per heavy atom. The summed E-state index contributed by atoms with van der Waals surface area (Å²) in [5, 5.41) is 6.19. The second-order valence-corrected chi connectivity index (χ2v) is 17.1.